The molecule has 0 amide bonds. The maximum Gasteiger partial charge on any atom is 0.534 e. The number of hydrogen-bond acceptors (Lipinski definition) is 4. The van der Waals surface area contributed by atoms with Crippen molar-refractivity contribution >= 4 is 10.1 Å². The number of aryl methyl sites for hydroxylation is 1. The maximum absolute atomic E-state index is 12.3. The van der Waals surface area contributed by atoms with E-state index in [9.17, 15) is 21.6 Å². The van der Waals surface area contributed by atoms with Crippen molar-refractivity contribution in [3.05, 3.63) is 23.3 Å². The van der Waals surface area contributed by atoms with Crippen molar-refractivity contribution < 1.29 is 30.5 Å². The van der Waals surface area contributed by atoms with Crippen LogP contribution in [0, 0.1) is 6.92 Å². The highest BCUT2D eigenvalue weighted by atomic mass is 32.2. The Hall–Kier alpha value is -1.44. The third-order valence-corrected chi connectivity index (χ3v) is 4.02. The number of ether oxygens (including phenoxy) is 1. The Morgan fingerprint density at radius 2 is 1.90 bits per heavy atom. The van der Waals surface area contributed by atoms with Gasteiger partial charge in [0.1, 0.15) is 11.5 Å². The summed E-state index contributed by atoms with van der Waals surface area (Å²) in [5.74, 6) is 0.198. The summed E-state index contributed by atoms with van der Waals surface area (Å²) in [6, 6.07) is 2.49. The second-order valence-corrected chi connectivity index (χ2v) is 6.81. The minimum absolute atomic E-state index is 0.364. The average molecular weight is 310 g/mol. The van der Waals surface area contributed by atoms with Crippen LogP contribution in [0.15, 0.2) is 12.1 Å². The molecule has 0 aliphatic carbocycles. The molecule has 0 fully saturated rings. The van der Waals surface area contributed by atoms with E-state index in [4.69, 9.17) is 4.74 Å². The molecule has 2 rings (SSSR count). The van der Waals surface area contributed by atoms with Crippen molar-refractivity contribution in [1.82, 2.24) is 0 Å². The van der Waals surface area contributed by atoms with E-state index >= 15 is 0 Å². The lowest BCUT2D eigenvalue weighted by molar-refractivity contribution is -0.0500. The van der Waals surface area contributed by atoms with Gasteiger partial charge in [0.05, 0.1) is 6.61 Å². The van der Waals surface area contributed by atoms with Crippen LogP contribution < -0.4 is 8.92 Å². The van der Waals surface area contributed by atoms with Crippen LogP contribution in [-0.2, 0) is 15.5 Å². The SMILES string of the molecule is Cc1cc(OS(=O)(=O)C(F)(F)F)cc2c1OCC2(C)C. The van der Waals surface area contributed by atoms with E-state index in [0.29, 0.717) is 23.5 Å². The van der Waals surface area contributed by atoms with Gasteiger partial charge in [-0.05, 0) is 24.6 Å². The first kappa shape index (κ1) is 15.0. The van der Waals surface area contributed by atoms with Crippen LogP contribution in [0.1, 0.15) is 25.0 Å². The molecule has 112 valence electrons. The van der Waals surface area contributed by atoms with Crippen LogP contribution in [0.5, 0.6) is 11.5 Å². The molecule has 0 saturated heterocycles. The normalized spacial score (nSPS) is 17.5. The molecule has 0 unspecified atom stereocenters. The summed E-state index contributed by atoms with van der Waals surface area (Å²) < 4.78 is 68.6. The van der Waals surface area contributed by atoms with Gasteiger partial charge in [-0.25, -0.2) is 0 Å². The lowest BCUT2D eigenvalue weighted by atomic mass is 9.86. The molecule has 0 spiro atoms. The van der Waals surface area contributed by atoms with Gasteiger partial charge in [-0.15, -0.1) is 0 Å². The monoisotopic (exact) mass is 310 g/mol. The molecule has 1 aromatic carbocycles. The number of benzene rings is 1. The molecule has 1 aliphatic heterocycles. The first-order valence-corrected chi connectivity index (χ1v) is 7.13. The molecule has 1 heterocycles. The Morgan fingerprint density at radius 1 is 1.30 bits per heavy atom. The van der Waals surface area contributed by atoms with Gasteiger partial charge >= 0.3 is 15.6 Å². The second-order valence-electron chi connectivity index (χ2n) is 5.27. The van der Waals surface area contributed by atoms with Gasteiger partial charge in [-0.1, -0.05) is 13.8 Å². The summed E-state index contributed by atoms with van der Waals surface area (Å²) in [6.07, 6.45) is 0. The van der Waals surface area contributed by atoms with E-state index in [1.165, 1.54) is 12.1 Å². The molecule has 0 radical (unpaired) electrons. The quantitative estimate of drug-likeness (QED) is 0.622. The zero-order valence-electron chi connectivity index (χ0n) is 11.0. The standard InChI is InChI=1S/C12H13F3O4S/c1-7-4-8(19-20(16,17)12(13,14)15)5-9-10(7)18-6-11(9,2)3/h4-5H,6H2,1-3H3. The summed E-state index contributed by atoms with van der Waals surface area (Å²) in [6.45, 7) is 5.69. The van der Waals surface area contributed by atoms with Gasteiger partial charge in [-0.3, -0.25) is 0 Å². The number of alkyl halides is 3. The van der Waals surface area contributed by atoms with E-state index in [1.54, 1.807) is 6.92 Å². The van der Waals surface area contributed by atoms with E-state index in [-0.39, 0.29) is 5.75 Å². The molecular weight excluding hydrogens is 297 g/mol. The summed E-state index contributed by atoms with van der Waals surface area (Å²) in [7, 11) is -5.66. The topological polar surface area (TPSA) is 52.6 Å². The molecule has 0 N–H and O–H groups in total. The average Bonchev–Trinajstić information content (AvgIpc) is 2.53. The molecule has 0 bridgehead atoms. The van der Waals surface area contributed by atoms with Gasteiger partial charge in [0.25, 0.3) is 0 Å². The van der Waals surface area contributed by atoms with Crippen LogP contribution in [0.4, 0.5) is 13.2 Å². The number of halogens is 3. The minimum atomic E-state index is -5.66. The largest absolute Gasteiger partial charge is 0.534 e. The highest BCUT2D eigenvalue weighted by Crippen LogP contribution is 2.43. The van der Waals surface area contributed by atoms with Crippen molar-refractivity contribution in [3.8, 4) is 11.5 Å². The highest BCUT2D eigenvalue weighted by molar-refractivity contribution is 7.88. The molecule has 8 heteroatoms. The van der Waals surface area contributed by atoms with E-state index in [2.05, 4.69) is 4.18 Å². The van der Waals surface area contributed by atoms with Crippen molar-refractivity contribution in [2.75, 3.05) is 6.61 Å². The van der Waals surface area contributed by atoms with Crippen LogP contribution in [0.3, 0.4) is 0 Å². The fraction of sp³-hybridized carbons (Fsp3) is 0.500. The molecule has 0 aromatic heterocycles. The zero-order valence-corrected chi connectivity index (χ0v) is 11.9. The molecule has 0 saturated carbocycles. The third kappa shape index (κ3) is 2.44. The first-order chi connectivity index (χ1) is 8.94. The Bertz CT molecular complexity index is 647. The van der Waals surface area contributed by atoms with E-state index < -0.39 is 21.0 Å². The Balaban J connectivity index is 2.45. The van der Waals surface area contributed by atoms with Crippen LogP contribution >= 0.6 is 0 Å². The molecule has 0 atom stereocenters. The second kappa shape index (κ2) is 4.28. The summed E-state index contributed by atoms with van der Waals surface area (Å²) in [5, 5.41) is 0. The van der Waals surface area contributed by atoms with Crippen molar-refractivity contribution in [1.29, 1.82) is 0 Å². The summed E-state index contributed by atoms with van der Waals surface area (Å²) >= 11 is 0. The fourth-order valence-corrected chi connectivity index (χ4v) is 2.43. The predicted molar refractivity (Wildman–Crippen MR) is 65.3 cm³/mol. The maximum atomic E-state index is 12.3. The first-order valence-electron chi connectivity index (χ1n) is 5.73. The Kier molecular flexibility index (Phi) is 3.20. The lowest BCUT2D eigenvalue weighted by Crippen LogP contribution is -2.28. The van der Waals surface area contributed by atoms with Gasteiger partial charge in [0, 0.05) is 11.0 Å². The molecular formula is C12H13F3O4S. The fourth-order valence-electron chi connectivity index (χ4n) is 1.99. The van der Waals surface area contributed by atoms with Gasteiger partial charge in [0.2, 0.25) is 0 Å². The Morgan fingerprint density at radius 3 is 2.45 bits per heavy atom. The summed E-state index contributed by atoms with van der Waals surface area (Å²) in [5.41, 5.74) is -4.71. The van der Waals surface area contributed by atoms with Gasteiger partial charge in [0.15, 0.2) is 0 Å². The zero-order chi connectivity index (χ0) is 15.3. The van der Waals surface area contributed by atoms with Crippen LogP contribution in [0.2, 0.25) is 0 Å². The predicted octanol–water partition coefficient (Wildman–Crippen LogP) is 2.89. The van der Waals surface area contributed by atoms with E-state index in [1.807, 2.05) is 13.8 Å². The lowest BCUT2D eigenvalue weighted by Gasteiger charge is -2.17. The van der Waals surface area contributed by atoms with Crippen molar-refractivity contribution in [3.63, 3.8) is 0 Å². The smallest absolute Gasteiger partial charge is 0.492 e. The van der Waals surface area contributed by atoms with Gasteiger partial charge < -0.3 is 8.92 Å². The number of rotatable bonds is 2. The number of fused-ring (bicyclic) bond motifs is 1. The third-order valence-electron chi connectivity index (χ3n) is 3.04. The number of hydrogen-bond donors (Lipinski definition) is 0. The molecule has 20 heavy (non-hydrogen) atoms. The van der Waals surface area contributed by atoms with Crippen LogP contribution in [-0.4, -0.2) is 20.5 Å². The van der Waals surface area contributed by atoms with Crippen molar-refractivity contribution in [2.45, 2.75) is 31.7 Å². The summed E-state index contributed by atoms with van der Waals surface area (Å²) in [4.78, 5) is 0. The van der Waals surface area contributed by atoms with Crippen LogP contribution in [0.25, 0.3) is 0 Å². The minimum Gasteiger partial charge on any atom is -0.492 e. The van der Waals surface area contributed by atoms with Gasteiger partial charge in [-0.2, -0.15) is 21.6 Å². The van der Waals surface area contributed by atoms with Crippen molar-refractivity contribution in [2.24, 2.45) is 0 Å². The van der Waals surface area contributed by atoms with E-state index in [0.717, 1.165) is 0 Å². The molecule has 1 aliphatic rings. The molecule has 1 aromatic rings. The molecule has 4 nitrogen and oxygen atoms in total. The Labute approximate surface area is 114 Å². The highest BCUT2D eigenvalue weighted by Gasteiger charge is 2.48.